The average Bonchev–Trinajstić information content (AvgIpc) is 3.05. The second-order valence-electron chi connectivity index (χ2n) is 9.45. The molecule has 0 aliphatic rings. The lowest BCUT2D eigenvalue weighted by atomic mass is 10.3. The minimum absolute atomic E-state index is 0.0460. The highest BCUT2D eigenvalue weighted by atomic mass is 79.9. The Hall–Kier alpha value is -6.20. The fourth-order valence-electron chi connectivity index (χ4n) is 3.45. The monoisotopic (exact) mass is 736 g/mol. The number of hydrogen-bond acceptors (Lipinski definition) is 12. The number of aromatic nitrogens is 6. The fourth-order valence-corrected chi connectivity index (χ4v) is 3.90. The van der Waals surface area contributed by atoms with Crippen LogP contribution in [-0.4, -0.2) is 29.9 Å². The Kier molecular flexibility index (Phi) is 11.8. The summed E-state index contributed by atoms with van der Waals surface area (Å²) in [6, 6.07) is 20.2. The minimum atomic E-state index is -0.417. The van der Waals surface area contributed by atoms with Gasteiger partial charge >= 0.3 is 0 Å². The molecule has 0 radical (unpaired) electrons. The molecule has 0 unspecified atom stereocenters. The summed E-state index contributed by atoms with van der Waals surface area (Å²) in [4.78, 5) is 52.8. The van der Waals surface area contributed by atoms with Crippen LogP contribution in [0.5, 0.6) is 0 Å². The number of benzene rings is 3. The Balaban J connectivity index is 0.000000163. The van der Waals surface area contributed by atoms with E-state index in [1.807, 2.05) is 30.3 Å². The molecule has 0 saturated heterocycles. The molecule has 0 atom stereocenters. The second-order valence-corrected chi connectivity index (χ2v) is 10.8. The zero-order chi connectivity index (χ0) is 34.6. The van der Waals surface area contributed by atoms with Gasteiger partial charge in [0, 0.05) is 26.6 Å². The van der Waals surface area contributed by atoms with Gasteiger partial charge in [-0.1, -0.05) is 33.6 Å². The Bertz CT molecular complexity index is 2060. The predicted octanol–water partition coefficient (Wildman–Crippen LogP) is 4.84. The highest BCUT2D eigenvalue weighted by Gasteiger charge is 2.02. The van der Waals surface area contributed by atoms with E-state index in [0.717, 1.165) is 15.8 Å². The van der Waals surface area contributed by atoms with Crippen LogP contribution in [-0.2, 0) is 0 Å². The van der Waals surface area contributed by atoms with Crippen LogP contribution in [0.15, 0.2) is 110 Å². The molecule has 15 nitrogen and oxygen atoms in total. The third-order valence-corrected chi connectivity index (χ3v) is 6.55. The first-order valence-electron chi connectivity index (χ1n) is 13.6. The zero-order valence-electron chi connectivity index (χ0n) is 24.6. The highest BCUT2D eigenvalue weighted by molar-refractivity contribution is 9.10. The van der Waals surface area contributed by atoms with E-state index < -0.39 is 5.56 Å². The highest BCUT2D eigenvalue weighted by Crippen LogP contribution is 2.18. The molecule has 6 aromatic rings. The molecule has 0 amide bonds. The zero-order valence-corrected chi connectivity index (χ0v) is 26.9. The number of hydrogen-bond donors (Lipinski definition) is 9. The van der Waals surface area contributed by atoms with Gasteiger partial charge in [0.1, 0.15) is 22.9 Å². The number of nitrogens with zero attached hydrogens (tertiary/aromatic N) is 3. The maximum absolute atomic E-state index is 12.6. The van der Waals surface area contributed by atoms with Crippen molar-refractivity contribution in [2.24, 2.45) is 0 Å². The van der Waals surface area contributed by atoms with E-state index in [0.29, 0.717) is 22.6 Å². The summed E-state index contributed by atoms with van der Waals surface area (Å²) in [7, 11) is 0. The lowest BCUT2D eigenvalue weighted by Crippen LogP contribution is -2.14. The molecular weight excluding hydrogens is 711 g/mol. The lowest BCUT2D eigenvalue weighted by Gasteiger charge is -2.05. The van der Waals surface area contributed by atoms with Gasteiger partial charge in [0.05, 0.1) is 18.6 Å². The van der Waals surface area contributed by atoms with Crippen molar-refractivity contribution in [1.29, 1.82) is 0 Å². The van der Waals surface area contributed by atoms with Gasteiger partial charge < -0.3 is 33.2 Å². The van der Waals surface area contributed by atoms with Gasteiger partial charge in [-0.25, -0.2) is 19.3 Å². The van der Waals surface area contributed by atoms with E-state index >= 15 is 0 Å². The van der Waals surface area contributed by atoms with Crippen molar-refractivity contribution in [3.05, 3.63) is 138 Å². The van der Waals surface area contributed by atoms with Crippen LogP contribution in [0.2, 0.25) is 5.02 Å². The third kappa shape index (κ3) is 10.7. The summed E-state index contributed by atoms with van der Waals surface area (Å²) in [5.41, 5.74) is 17.3. The first-order chi connectivity index (χ1) is 22.9. The van der Waals surface area contributed by atoms with E-state index in [1.54, 1.807) is 18.2 Å². The van der Waals surface area contributed by atoms with Crippen molar-refractivity contribution in [1.82, 2.24) is 29.9 Å². The molecule has 0 bridgehead atoms. The van der Waals surface area contributed by atoms with Gasteiger partial charge in [-0.3, -0.25) is 29.3 Å². The number of aromatic amines is 3. The second kappa shape index (κ2) is 16.4. The SMILES string of the molecule is Nc1cnc(Nc2ccc(Br)cc2)[nH]c1=O.Nc1cnc(Nc2ccc(F)cc2)[nH]c1=O.Nc1cnc(Nc2cccc(Cl)c2)[nH]c1=O. The van der Waals surface area contributed by atoms with Crippen molar-refractivity contribution in [3.8, 4) is 0 Å². The van der Waals surface area contributed by atoms with Gasteiger partial charge in [0.25, 0.3) is 16.7 Å². The maximum Gasteiger partial charge on any atom is 0.275 e. The Morgan fingerprint density at radius 2 is 1.00 bits per heavy atom. The van der Waals surface area contributed by atoms with E-state index in [-0.39, 0.29) is 39.9 Å². The first kappa shape index (κ1) is 34.7. The van der Waals surface area contributed by atoms with Crippen LogP contribution in [0.25, 0.3) is 0 Å². The van der Waals surface area contributed by atoms with E-state index in [1.165, 1.54) is 42.9 Å². The summed E-state index contributed by atoms with van der Waals surface area (Å²) in [6.45, 7) is 0. The number of H-pyrrole nitrogens is 3. The van der Waals surface area contributed by atoms with Crippen LogP contribution >= 0.6 is 27.5 Å². The molecule has 0 fully saturated rings. The normalized spacial score (nSPS) is 10.1. The van der Waals surface area contributed by atoms with E-state index in [4.69, 9.17) is 28.8 Å². The molecule has 0 saturated carbocycles. The molecule has 48 heavy (non-hydrogen) atoms. The predicted molar refractivity (Wildman–Crippen MR) is 190 cm³/mol. The molecule has 246 valence electrons. The summed E-state index contributed by atoms with van der Waals surface area (Å²) in [6.07, 6.45) is 3.87. The summed E-state index contributed by atoms with van der Waals surface area (Å²) in [5, 5.41) is 9.27. The molecule has 12 N–H and O–H groups in total. The fraction of sp³-hybridized carbons (Fsp3) is 0. The van der Waals surface area contributed by atoms with Gasteiger partial charge in [0.15, 0.2) is 0 Å². The van der Waals surface area contributed by atoms with Crippen LogP contribution in [0.1, 0.15) is 0 Å². The smallest absolute Gasteiger partial charge is 0.275 e. The van der Waals surface area contributed by atoms with Crippen LogP contribution in [0, 0.1) is 5.82 Å². The number of halogens is 3. The van der Waals surface area contributed by atoms with Gasteiger partial charge in [-0.2, -0.15) is 0 Å². The molecule has 18 heteroatoms. The number of nitrogens with two attached hydrogens (primary N) is 3. The molecule has 0 aliphatic heterocycles. The van der Waals surface area contributed by atoms with E-state index in [2.05, 4.69) is 61.8 Å². The molecular formula is C30H27BrClFN12O3. The molecule has 6 rings (SSSR count). The number of rotatable bonds is 6. The number of anilines is 9. The Morgan fingerprint density at radius 1 is 0.604 bits per heavy atom. The molecule has 3 aromatic carbocycles. The number of nitrogens with one attached hydrogen (secondary N) is 6. The van der Waals surface area contributed by atoms with E-state index in [9.17, 15) is 18.8 Å². The van der Waals surface area contributed by atoms with Crippen LogP contribution in [0.4, 0.5) is 56.4 Å². The lowest BCUT2D eigenvalue weighted by molar-refractivity contribution is 0.628. The largest absolute Gasteiger partial charge is 0.393 e. The topological polar surface area (TPSA) is 251 Å². The van der Waals surface area contributed by atoms with Crippen molar-refractivity contribution < 1.29 is 4.39 Å². The average molecular weight is 738 g/mol. The maximum atomic E-state index is 12.6. The van der Waals surface area contributed by atoms with Crippen LogP contribution < -0.4 is 49.8 Å². The first-order valence-corrected chi connectivity index (χ1v) is 14.7. The van der Waals surface area contributed by atoms with Crippen molar-refractivity contribution in [2.75, 3.05) is 33.2 Å². The standard InChI is InChI=1S/C10H9BrN4O.C10H9ClN4O.C10H9FN4O/c11-6-1-3-7(4-2-6)14-10-13-5-8(12)9(16)15-10;11-6-2-1-3-7(4-6)14-10-13-5-8(12)9(16)15-10;11-6-1-3-7(4-2-6)14-10-13-5-8(12)9(16)15-10/h3*1-5H,12H2,(H2,13,14,15,16). The third-order valence-electron chi connectivity index (χ3n) is 5.78. The summed E-state index contributed by atoms with van der Waals surface area (Å²) < 4.78 is 13.6. The van der Waals surface area contributed by atoms with Gasteiger partial charge in [0.2, 0.25) is 17.8 Å². The number of nitrogen functional groups attached to an aromatic ring is 3. The van der Waals surface area contributed by atoms with Crippen molar-refractivity contribution in [3.63, 3.8) is 0 Å². The molecule has 0 aliphatic carbocycles. The molecule has 3 heterocycles. The molecule has 3 aromatic heterocycles. The van der Waals surface area contributed by atoms with Crippen molar-refractivity contribution in [2.45, 2.75) is 0 Å². The van der Waals surface area contributed by atoms with Crippen molar-refractivity contribution >= 4 is 79.5 Å². The minimum Gasteiger partial charge on any atom is -0.393 e. The molecule has 0 spiro atoms. The Morgan fingerprint density at radius 3 is 1.40 bits per heavy atom. The van der Waals surface area contributed by atoms with Gasteiger partial charge in [-0.15, -0.1) is 0 Å². The summed E-state index contributed by atoms with van der Waals surface area (Å²) in [5.74, 6) is 0.609. The van der Waals surface area contributed by atoms with Crippen LogP contribution in [0.3, 0.4) is 0 Å². The summed E-state index contributed by atoms with van der Waals surface area (Å²) >= 11 is 9.15. The van der Waals surface area contributed by atoms with Gasteiger partial charge in [-0.05, 0) is 66.7 Å². The quantitative estimate of drug-likeness (QED) is 0.111. The Labute approximate surface area is 284 Å².